The lowest BCUT2D eigenvalue weighted by Crippen LogP contribution is -2.04. The van der Waals surface area contributed by atoms with Crippen LogP contribution >= 0.6 is 27.5 Å². The Morgan fingerprint density at radius 3 is 2.79 bits per heavy atom. The van der Waals surface area contributed by atoms with Crippen molar-refractivity contribution >= 4 is 33.2 Å². The summed E-state index contributed by atoms with van der Waals surface area (Å²) in [5.74, 6) is 0.857. The fraction of sp³-hybridized carbons (Fsp3) is 0.214. The highest BCUT2D eigenvalue weighted by molar-refractivity contribution is 9.10. The molecule has 0 aliphatic rings. The number of nitrogens with one attached hydrogen (secondary N) is 1. The van der Waals surface area contributed by atoms with Crippen LogP contribution in [-0.4, -0.2) is 12.1 Å². The number of rotatable bonds is 4. The predicted molar refractivity (Wildman–Crippen MR) is 82.0 cm³/mol. The first kappa shape index (κ1) is 14.2. The molecule has 1 aromatic heterocycles. The number of halogens is 2. The second-order valence-electron chi connectivity index (χ2n) is 4.08. The minimum atomic E-state index is 0.503. The molecule has 2 rings (SSSR count). The first-order valence-corrected chi connectivity index (χ1v) is 6.96. The Morgan fingerprint density at radius 1 is 1.32 bits per heavy atom. The molecular weight excluding hydrogens is 328 g/mol. The zero-order valence-electron chi connectivity index (χ0n) is 10.7. The van der Waals surface area contributed by atoms with Crippen molar-refractivity contribution in [1.82, 2.24) is 4.98 Å². The number of pyridine rings is 1. The summed E-state index contributed by atoms with van der Waals surface area (Å²) in [6.45, 7) is 2.58. The predicted octanol–water partition coefficient (Wildman–Crippen LogP) is 4.43. The Labute approximate surface area is 126 Å². The second kappa shape index (κ2) is 6.26. The number of hydrogen-bond donors (Lipinski definition) is 1. The lowest BCUT2D eigenvalue weighted by Gasteiger charge is -2.12. The van der Waals surface area contributed by atoms with Gasteiger partial charge in [0.25, 0.3) is 0 Å². The van der Waals surface area contributed by atoms with Crippen LogP contribution in [0.4, 0.5) is 5.69 Å². The minimum Gasteiger partial charge on any atom is -0.496 e. The van der Waals surface area contributed by atoms with Crippen molar-refractivity contribution in [1.29, 1.82) is 0 Å². The third-order valence-corrected chi connectivity index (χ3v) is 3.47. The molecule has 0 amide bonds. The maximum Gasteiger partial charge on any atom is 0.129 e. The van der Waals surface area contributed by atoms with Gasteiger partial charge in [-0.3, -0.25) is 0 Å². The maximum absolute atomic E-state index is 5.84. The highest BCUT2D eigenvalue weighted by Crippen LogP contribution is 2.24. The summed E-state index contributed by atoms with van der Waals surface area (Å²) in [6, 6.07) is 9.63. The zero-order valence-corrected chi connectivity index (χ0v) is 13.0. The summed E-state index contributed by atoms with van der Waals surface area (Å²) in [7, 11) is 1.67. The molecule has 0 saturated carbocycles. The number of benzene rings is 1. The summed E-state index contributed by atoms with van der Waals surface area (Å²) in [5, 5.41) is 3.84. The van der Waals surface area contributed by atoms with Crippen molar-refractivity contribution in [3.05, 3.63) is 51.2 Å². The fourth-order valence-electron chi connectivity index (χ4n) is 1.79. The molecule has 0 atom stereocenters. The quantitative estimate of drug-likeness (QED) is 0.836. The van der Waals surface area contributed by atoms with Crippen LogP contribution < -0.4 is 10.1 Å². The first-order chi connectivity index (χ1) is 9.10. The van der Waals surface area contributed by atoms with Gasteiger partial charge in [0, 0.05) is 16.6 Å². The van der Waals surface area contributed by atoms with E-state index < -0.39 is 0 Å². The number of hydrogen-bond acceptors (Lipinski definition) is 3. The zero-order chi connectivity index (χ0) is 13.8. The molecule has 0 spiro atoms. The number of aryl methyl sites for hydroxylation is 1. The van der Waals surface area contributed by atoms with Crippen LogP contribution in [0.5, 0.6) is 5.75 Å². The lowest BCUT2D eigenvalue weighted by atomic mass is 10.2. The van der Waals surface area contributed by atoms with Crippen LogP contribution in [0.2, 0.25) is 5.15 Å². The van der Waals surface area contributed by atoms with Crippen molar-refractivity contribution in [2.75, 3.05) is 12.4 Å². The van der Waals surface area contributed by atoms with Crippen LogP contribution in [0.15, 0.2) is 34.8 Å². The molecule has 1 heterocycles. The number of ether oxygens (including phenoxy) is 1. The molecule has 0 unspecified atom stereocenters. The van der Waals surface area contributed by atoms with Crippen molar-refractivity contribution < 1.29 is 4.74 Å². The van der Waals surface area contributed by atoms with Crippen molar-refractivity contribution in [2.45, 2.75) is 13.5 Å². The van der Waals surface area contributed by atoms with Crippen LogP contribution in [0, 0.1) is 6.92 Å². The Bertz CT molecular complexity index is 590. The molecule has 1 N–H and O–H groups in total. The van der Waals surface area contributed by atoms with E-state index >= 15 is 0 Å². The molecule has 5 heteroatoms. The van der Waals surface area contributed by atoms with E-state index in [0.717, 1.165) is 27.2 Å². The standard InChI is InChI=1S/C14H14BrClN2O/c1-9-12(4-6-14(16)18-9)17-8-10-7-11(15)3-5-13(10)19-2/h3-7,17H,8H2,1-2H3. The summed E-state index contributed by atoms with van der Waals surface area (Å²) in [4.78, 5) is 4.21. The van der Waals surface area contributed by atoms with Gasteiger partial charge in [0.2, 0.25) is 0 Å². The molecule has 0 aliphatic carbocycles. The van der Waals surface area contributed by atoms with Gasteiger partial charge in [-0.2, -0.15) is 0 Å². The monoisotopic (exact) mass is 340 g/mol. The normalized spacial score (nSPS) is 10.3. The Hall–Kier alpha value is -1.26. The molecule has 0 fully saturated rings. The number of anilines is 1. The van der Waals surface area contributed by atoms with E-state index in [0.29, 0.717) is 11.7 Å². The largest absolute Gasteiger partial charge is 0.496 e. The summed E-state index contributed by atoms with van der Waals surface area (Å²) < 4.78 is 6.36. The average molecular weight is 342 g/mol. The van der Waals surface area contributed by atoms with Gasteiger partial charge in [-0.05, 0) is 37.3 Å². The van der Waals surface area contributed by atoms with Gasteiger partial charge >= 0.3 is 0 Å². The van der Waals surface area contributed by atoms with Crippen LogP contribution in [-0.2, 0) is 6.54 Å². The Morgan fingerprint density at radius 2 is 2.11 bits per heavy atom. The van der Waals surface area contributed by atoms with Gasteiger partial charge in [-0.1, -0.05) is 27.5 Å². The third kappa shape index (κ3) is 3.61. The molecule has 0 bridgehead atoms. The van der Waals surface area contributed by atoms with E-state index in [4.69, 9.17) is 16.3 Å². The van der Waals surface area contributed by atoms with Gasteiger partial charge in [-0.15, -0.1) is 0 Å². The third-order valence-electron chi connectivity index (χ3n) is 2.76. The van der Waals surface area contributed by atoms with E-state index in [1.165, 1.54) is 0 Å². The minimum absolute atomic E-state index is 0.503. The molecule has 0 aliphatic heterocycles. The van der Waals surface area contributed by atoms with E-state index in [9.17, 15) is 0 Å². The van der Waals surface area contributed by atoms with Crippen LogP contribution in [0.3, 0.4) is 0 Å². The van der Waals surface area contributed by atoms with E-state index in [-0.39, 0.29) is 0 Å². The highest BCUT2D eigenvalue weighted by atomic mass is 79.9. The highest BCUT2D eigenvalue weighted by Gasteiger charge is 2.05. The van der Waals surface area contributed by atoms with Crippen LogP contribution in [0.1, 0.15) is 11.3 Å². The molecule has 19 heavy (non-hydrogen) atoms. The smallest absolute Gasteiger partial charge is 0.129 e. The molecule has 1 aromatic carbocycles. The molecular formula is C14H14BrClN2O. The molecule has 3 nitrogen and oxygen atoms in total. The SMILES string of the molecule is COc1ccc(Br)cc1CNc1ccc(Cl)nc1C. The lowest BCUT2D eigenvalue weighted by molar-refractivity contribution is 0.410. The molecule has 2 aromatic rings. The second-order valence-corrected chi connectivity index (χ2v) is 5.38. The van der Waals surface area contributed by atoms with E-state index in [1.54, 1.807) is 13.2 Å². The number of nitrogens with zero attached hydrogens (tertiary/aromatic N) is 1. The van der Waals surface area contributed by atoms with E-state index in [1.807, 2.05) is 31.2 Å². The Kier molecular flexibility index (Phi) is 4.66. The van der Waals surface area contributed by atoms with Gasteiger partial charge in [0.15, 0.2) is 0 Å². The summed E-state index contributed by atoms with van der Waals surface area (Å²) in [6.07, 6.45) is 0. The van der Waals surface area contributed by atoms with Crippen molar-refractivity contribution in [3.8, 4) is 5.75 Å². The molecule has 100 valence electrons. The summed E-state index contributed by atoms with van der Waals surface area (Å²) in [5.41, 5.74) is 2.92. The topological polar surface area (TPSA) is 34.1 Å². The van der Waals surface area contributed by atoms with E-state index in [2.05, 4.69) is 26.2 Å². The molecule has 0 saturated heterocycles. The average Bonchev–Trinajstić information content (AvgIpc) is 2.38. The van der Waals surface area contributed by atoms with Gasteiger partial charge < -0.3 is 10.1 Å². The first-order valence-electron chi connectivity index (χ1n) is 5.79. The van der Waals surface area contributed by atoms with Crippen LogP contribution in [0.25, 0.3) is 0 Å². The van der Waals surface area contributed by atoms with Gasteiger partial charge in [0.1, 0.15) is 10.9 Å². The summed E-state index contributed by atoms with van der Waals surface area (Å²) >= 11 is 9.30. The van der Waals surface area contributed by atoms with Gasteiger partial charge in [-0.25, -0.2) is 4.98 Å². The molecule has 0 radical (unpaired) electrons. The maximum atomic E-state index is 5.84. The van der Waals surface area contributed by atoms with Crippen molar-refractivity contribution in [3.63, 3.8) is 0 Å². The fourth-order valence-corrected chi connectivity index (χ4v) is 2.39. The van der Waals surface area contributed by atoms with Gasteiger partial charge in [0.05, 0.1) is 18.5 Å². The number of methoxy groups -OCH3 is 1. The number of aromatic nitrogens is 1. The Balaban J connectivity index is 2.16. The van der Waals surface area contributed by atoms with Crippen molar-refractivity contribution in [2.24, 2.45) is 0 Å².